The third kappa shape index (κ3) is 7.17. The zero-order valence-corrected chi connectivity index (χ0v) is 21.2. The van der Waals surface area contributed by atoms with Crippen LogP contribution in [-0.4, -0.2) is 49.8 Å². The Balaban J connectivity index is 1.69. The molecule has 12 nitrogen and oxygen atoms in total. The first-order chi connectivity index (χ1) is 17.3. The van der Waals surface area contributed by atoms with Crippen molar-refractivity contribution in [2.24, 2.45) is 5.92 Å². The summed E-state index contributed by atoms with van der Waals surface area (Å²) in [5.74, 6) is -1.56. The molecule has 1 heterocycles. The molecule has 0 saturated heterocycles. The smallest absolute Gasteiger partial charge is 0.306 e. The van der Waals surface area contributed by atoms with Gasteiger partial charge in [0.15, 0.2) is 11.5 Å². The molecule has 3 rings (SSSR count). The molecule has 13 heteroatoms. The van der Waals surface area contributed by atoms with Gasteiger partial charge in [-0.05, 0) is 24.5 Å². The minimum absolute atomic E-state index is 0.0240. The standard InChI is InChI=1S/C23H32N4O8S/c1-33-18-12-11-17(14-19(18)34-2)36(31,32)27-22(29)21-24-23(35-26-21)16(13-20(28)25-30)10-6-9-15-7-4-3-5-8-15/h11-12,14-16,30H,3-10,13H2,1-2H3,(H,25,28)(H,27,29)/t16-/m0/s1. The van der Waals surface area contributed by atoms with E-state index in [2.05, 4.69) is 10.1 Å². The highest BCUT2D eigenvalue weighted by molar-refractivity contribution is 7.90. The monoisotopic (exact) mass is 524 g/mol. The number of sulfonamides is 1. The first-order valence-electron chi connectivity index (χ1n) is 11.8. The van der Waals surface area contributed by atoms with Crippen LogP contribution >= 0.6 is 0 Å². The number of hydrogen-bond donors (Lipinski definition) is 3. The van der Waals surface area contributed by atoms with E-state index in [1.54, 1.807) is 5.48 Å². The van der Waals surface area contributed by atoms with Crippen molar-refractivity contribution >= 4 is 21.8 Å². The molecule has 1 aliphatic carbocycles. The van der Waals surface area contributed by atoms with Crippen molar-refractivity contribution in [2.75, 3.05) is 14.2 Å². The fourth-order valence-electron chi connectivity index (χ4n) is 4.41. The summed E-state index contributed by atoms with van der Waals surface area (Å²) in [4.78, 5) is 28.2. The van der Waals surface area contributed by atoms with E-state index in [1.807, 2.05) is 4.72 Å². The number of ether oxygens (including phenoxy) is 2. The highest BCUT2D eigenvalue weighted by atomic mass is 32.2. The maximum Gasteiger partial charge on any atom is 0.306 e. The van der Waals surface area contributed by atoms with Gasteiger partial charge < -0.3 is 14.0 Å². The number of hydrogen-bond acceptors (Lipinski definition) is 10. The van der Waals surface area contributed by atoms with E-state index >= 15 is 0 Å². The van der Waals surface area contributed by atoms with Crippen molar-refractivity contribution in [1.82, 2.24) is 20.3 Å². The summed E-state index contributed by atoms with van der Waals surface area (Å²) in [5.41, 5.74) is 1.59. The van der Waals surface area contributed by atoms with E-state index in [-0.39, 0.29) is 23.0 Å². The fourth-order valence-corrected chi connectivity index (χ4v) is 5.38. The third-order valence-electron chi connectivity index (χ3n) is 6.33. The summed E-state index contributed by atoms with van der Waals surface area (Å²) in [6, 6.07) is 3.87. The second kappa shape index (κ2) is 12.7. The Hall–Kier alpha value is -3.19. The van der Waals surface area contributed by atoms with Gasteiger partial charge in [-0.2, -0.15) is 4.98 Å². The van der Waals surface area contributed by atoms with Gasteiger partial charge in [-0.1, -0.05) is 50.1 Å². The molecule has 198 valence electrons. The SMILES string of the molecule is COc1ccc(S(=O)(=O)NC(=O)c2noc([C@@H](CCCC3CCCCC3)CC(=O)NO)n2)cc1OC. The average Bonchev–Trinajstić information content (AvgIpc) is 3.38. The Morgan fingerprint density at radius 2 is 1.89 bits per heavy atom. The first-order valence-corrected chi connectivity index (χ1v) is 13.3. The lowest BCUT2D eigenvalue weighted by atomic mass is 9.84. The van der Waals surface area contributed by atoms with Gasteiger partial charge in [0, 0.05) is 18.4 Å². The van der Waals surface area contributed by atoms with Crippen LogP contribution in [0.1, 0.15) is 80.2 Å². The molecule has 3 N–H and O–H groups in total. The van der Waals surface area contributed by atoms with Gasteiger partial charge in [0.05, 0.1) is 19.1 Å². The number of nitrogens with zero attached hydrogens (tertiary/aromatic N) is 2. The molecule has 1 saturated carbocycles. The predicted molar refractivity (Wildman–Crippen MR) is 126 cm³/mol. The molecule has 0 spiro atoms. The van der Waals surface area contributed by atoms with Crippen molar-refractivity contribution in [3.05, 3.63) is 29.9 Å². The maximum absolute atomic E-state index is 12.7. The molecule has 36 heavy (non-hydrogen) atoms. The van der Waals surface area contributed by atoms with Crippen LogP contribution in [0.5, 0.6) is 11.5 Å². The molecule has 1 aromatic carbocycles. The van der Waals surface area contributed by atoms with Crippen molar-refractivity contribution in [1.29, 1.82) is 0 Å². The van der Waals surface area contributed by atoms with Gasteiger partial charge in [0.1, 0.15) is 0 Å². The van der Waals surface area contributed by atoms with Gasteiger partial charge in [-0.3, -0.25) is 14.8 Å². The molecule has 1 aliphatic rings. The molecule has 2 aromatic rings. The topological polar surface area (TPSA) is 170 Å². The summed E-state index contributed by atoms with van der Waals surface area (Å²) in [6.45, 7) is 0. The Labute approximate surface area is 209 Å². The molecule has 0 unspecified atom stereocenters. The number of hydroxylamine groups is 1. The lowest BCUT2D eigenvalue weighted by Crippen LogP contribution is -2.31. The quantitative estimate of drug-likeness (QED) is 0.277. The summed E-state index contributed by atoms with van der Waals surface area (Å²) in [6.07, 6.45) is 8.36. The van der Waals surface area contributed by atoms with Crippen molar-refractivity contribution in [2.45, 2.75) is 68.6 Å². The van der Waals surface area contributed by atoms with E-state index < -0.39 is 33.6 Å². The minimum Gasteiger partial charge on any atom is -0.493 e. The van der Waals surface area contributed by atoms with Crippen LogP contribution in [0, 0.1) is 5.92 Å². The lowest BCUT2D eigenvalue weighted by molar-refractivity contribution is -0.129. The number of carbonyl (C=O) groups excluding carboxylic acids is 2. The van der Waals surface area contributed by atoms with Crippen LogP contribution in [0.3, 0.4) is 0 Å². The summed E-state index contributed by atoms with van der Waals surface area (Å²) in [7, 11) is -1.51. The Morgan fingerprint density at radius 1 is 1.17 bits per heavy atom. The van der Waals surface area contributed by atoms with Crippen molar-refractivity contribution < 1.29 is 37.2 Å². The van der Waals surface area contributed by atoms with Gasteiger partial charge in [0.2, 0.25) is 11.8 Å². The summed E-state index contributed by atoms with van der Waals surface area (Å²) >= 11 is 0. The molecule has 1 atom stereocenters. The predicted octanol–water partition coefficient (Wildman–Crippen LogP) is 2.94. The molecular weight excluding hydrogens is 492 g/mol. The van der Waals surface area contributed by atoms with E-state index in [9.17, 15) is 18.0 Å². The van der Waals surface area contributed by atoms with Crippen LogP contribution in [-0.2, 0) is 14.8 Å². The van der Waals surface area contributed by atoms with Crippen LogP contribution in [0.25, 0.3) is 0 Å². The fraction of sp³-hybridized carbons (Fsp3) is 0.565. The zero-order chi connectivity index (χ0) is 26.1. The van der Waals surface area contributed by atoms with Crippen molar-refractivity contribution in [3.8, 4) is 11.5 Å². The van der Waals surface area contributed by atoms with E-state index in [0.29, 0.717) is 18.1 Å². The molecule has 1 aromatic heterocycles. The minimum atomic E-state index is -4.28. The number of rotatable bonds is 12. The number of amides is 2. The molecule has 1 fully saturated rings. The highest BCUT2D eigenvalue weighted by Gasteiger charge is 2.27. The van der Waals surface area contributed by atoms with Crippen LogP contribution < -0.4 is 19.7 Å². The third-order valence-corrected chi connectivity index (χ3v) is 7.66. The Bertz CT molecular complexity index is 1140. The zero-order valence-electron chi connectivity index (χ0n) is 20.4. The number of methoxy groups -OCH3 is 2. The lowest BCUT2D eigenvalue weighted by Gasteiger charge is -2.22. The van der Waals surface area contributed by atoms with Crippen LogP contribution in [0.4, 0.5) is 0 Å². The highest BCUT2D eigenvalue weighted by Crippen LogP contribution is 2.31. The second-order valence-corrected chi connectivity index (χ2v) is 10.5. The Kier molecular flexibility index (Phi) is 9.65. The van der Waals surface area contributed by atoms with Crippen LogP contribution in [0.2, 0.25) is 0 Å². The molecule has 0 aliphatic heterocycles. The summed E-state index contributed by atoms with van der Waals surface area (Å²) < 4.78 is 42.7. The van der Waals surface area contributed by atoms with Crippen molar-refractivity contribution in [3.63, 3.8) is 0 Å². The molecule has 0 bridgehead atoms. The molecular formula is C23H32N4O8S. The second-order valence-electron chi connectivity index (χ2n) is 8.78. The Morgan fingerprint density at radius 3 is 2.56 bits per heavy atom. The first kappa shape index (κ1) is 27.4. The number of nitrogens with one attached hydrogen (secondary N) is 2. The van der Waals surface area contributed by atoms with E-state index in [0.717, 1.165) is 12.8 Å². The maximum atomic E-state index is 12.7. The van der Waals surface area contributed by atoms with Crippen LogP contribution in [0.15, 0.2) is 27.6 Å². The molecule has 2 amide bonds. The van der Waals surface area contributed by atoms with Gasteiger partial charge in [-0.25, -0.2) is 18.6 Å². The number of carbonyl (C=O) groups is 2. The number of benzene rings is 1. The van der Waals surface area contributed by atoms with E-state index in [1.165, 1.54) is 64.5 Å². The average molecular weight is 525 g/mol. The van der Waals surface area contributed by atoms with E-state index in [4.69, 9.17) is 19.2 Å². The largest absolute Gasteiger partial charge is 0.493 e. The van der Waals surface area contributed by atoms with Gasteiger partial charge in [0.25, 0.3) is 15.8 Å². The normalized spacial score (nSPS) is 15.2. The van der Waals surface area contributed by atoms with Gasteiger partial charge >= 0.3 is 5.91 Å². The molecule has 0 radical (unpaired) electrons. The number of aromatic nitrogens is 2. The summed E-state index contributed by atoms with van der Waals surface area (Å²) in [5, 5.41) is 12.6. The van der Waals surface area contributed by atoms with Gasteiger partial charge in [-0.15, -0.1) is 0 Å².